The van der Waals surface area contributed by atoms with E-state index in [2.05, 4.69) is 55.2 Å². The third kappa shape index (κ3) is 1.84. The van der Waals surface area contributed by atoms with Crippen molar-refractivity contribution < 1.29 is 4.52 Å². The van der Waals surface area contributed by atoms with Gasteiger partial charge in [-0.05, 0) is 23.4 Å². The van der Waals surface area contributed by atoms with E-state index in [-0.39, 0.29) is 5.41 Å². The lowest BCUT2D eigenvalue weighted by Crippen LogP contribution is -2.25. The van der Waals surface area contributed by atoms with Crippen LogP contribution in [0.3, 0.4) is 0 Å². The summed E-state index contributed by atoms with van der Waals surface area (Å²) in [6.45, 7) is 4.47. The molecule has 1 aromatic rings. The van der Waals surface area contributed by atoms with Crippen molar-refractivity contribution in [3.63, 3.8) is 0 Å². The van der Waals surface area contributed by atoms with Crippen LogP contribution in [0.5, 0.6) is 0 Å². The fraction of sp³-hybridized carbons (Fsp3) is 0.400. The molecule has 112 valence electrons. The molecule has 1 atom stereocenters. The molecule has 0 saturated carbocycles. The number of allylic oxidation sites excluding steroid dienone is 2. The molecule has 0 saturated heterocycles. The summed E-state index contributed by atoms with van der Waals surface area (Å²) >= 11 is 5.82. The molecule has 4 nitrogen and oxygen atoms in total. The molecule has 6 heteroatoms. The van der Waals surface area contributed by atoms with Crippen LogP contribution in [0.4, 0.5) is 5.69 Å². The number of benzene rings is 1. The molecule has 3 rings (SSSR count). The first-order valence-electron chi connectivity index (χ1n) is 6.86. The number of nitrogens with zero attached hydrogens (tertiary/aromatic N) is 3. The van der Waals surface area contributed by atoms with Gasteiger partial charge in [-0.1, -0.05) is 32.0 Å². The quantitative estimate of drug-likeness (QED) is 0.740. The van der Waals surface area contributed by atoms with Crippen molar-refractivity contribution in [2.45, 2.75) is 19.3 Å². The van der Waals surface area contributed by atoms with Gasteiger partial charge in [-0.3, -0.25) is 0 Å². The Kier molecular flexibility index (Phi) is 3.28. The molecule has 1 aromatic carbocycles. The number of hydrogen-bond donors (Lipinski definition) is 0. The molecule has 0 amide bonds. The zero-order valence-electron chi connectivity index (χ0n) is 13.0. The maximum atomic E-state index is 5.82. The second-order valence-electron chi connectivity index (χ2n) is 5.87. The number of para-hydroxylation sites is 1. The standard InChI is InChI=1S/C15H20N3OPS/c1-15(2)11-8-6-7-9-12(11)17(3)14(15)13-10-16-18(4)20(13,21)19-5/h6-10H,1-5H3/b14-13-. The lowest BCUT2D eigenvalue weighted by atomic mass is 9.84. The molecule has 1 unspecified atom stereocenters. The first kappa shape index (κ1) is 14.8. The molecular formula is C15H20N3OPS. The first-order chi connectivity index (χ1) is 9.84. The van der Waals surface area contributed by atoms with Gasteiger partial charge >= 0.3 is 0 Å². The van der Waals surface area contributed by atoms with E-state index < -0.39 is 6.42 Å². The lowest BCUT2D eigenvalue weighted by molar-refractivity contribution is 0.412. The molecular weight excluding hydrogens is 301 g/mol. The Hall–Kier alpha value is -1.16. The summed E-state index contributed by atoms with van der Waals surface area (Å²) in [5.41, 5.74) is 3.63. The highest BCUT2D eigenvalue weighted by Crippen LogP contribution is 2.64. The summed E-state index contributed by atoms with van der Waals surface area (Å²) in [6, 6.07) is 8.49. The number of likely N-dealkylation sites (N-methyl/N-ethyl adjacent to an activating group) is 1. The lowest BCUT2D eigenvalue weighted by Gasteiger charge is -2.30. The highest BCUT2D eigenvalue weighted by molar-refractivity contribution is 8.13. The maximum absolute atomic E-state index is 5.82. The zero-order valence-corrected chi connectivity index (χ0v) is 14.7. The summed E-state index contributed by atoms with van der Waals surface area (Å²) in [6.07, 6.45) is -0.386. The average molecular weight is 321 g/mol. The van der Waals surface area contributed by atoms with E-state index in [1.165, 1.54) is 16.9 Å². The summed E-state index contributed by atoms with van der Waals surface area (Å²) in [5, 5.41) is 5.44. The van der Waals surface area contributed by atoms with Gasteiger partial charge in [-0.2, -0.15) is 5.10 Å². The van der Waals surface area contributed by atoms with Gasteiger partial charge in [-0.15, -0.1) is 0 Å². The topological polar surface area (TPSA) is 28.1 Å². The van der Waals surface area contributed by atoms with Crippen LogP contribution in [0, 0.1) is 0 Å². The molecule has 2 aliphatic heterocycles. The number of anilines is 1. The van der Waals surface area contributed by atoms with E-state index in [0.29, 0.717) is 0 Å². The number of hydrazone groups is 1. The Labute approximate surface area is 131 Å². The summed E-state index contributed by atoms with van der Waals surface area (Å²) in [4.78, 5) is 2.23. The van der Waals surface area contributed by atoms with Crippen molar-refractivity contribution in [3.05, 3.63) is 40.8 Å². The Bertz CT molecular complexity index is 711. The van der Waals surface area contributed by atoms with Gasteiger partial charge in [0.1, 0.15) is 0 Å². The zero-order chi connectivity index (χ0) is 15.4. The minimum Gasteiger partial charge on any atom is -0.346 e. The Balaban J connectivity index is 2.28. The third-order valence-corrected chi connectivity index (χ3v) is 8.43. The Morgan fingerprint density at radius 1 is 1.24 bits per heavy atom. The highest BCUT2D eigenvalue weighted by atomic mass is 32.4. The van der Waals surface area contributed by atoms with Gasteiger partial charge in [0.2, 0.25) is 6.42 Å². The molecule has 0 bridgehead atoms. The van der Waals surface area contributed by atoms with Crippen LogP contribution in [0.1, 0.15) is 19.4 Å². The van der Waals surface area contributed by atoms with E-state index in [9.17, 15) is 0 Å². The van der Waals surface area contributed by atoms with Gasteiger partial charge in [0, 0.05) is 38.0 Å². The monoisotopic (exact) mass is 321 g/mol. The fourth-order valence-electron chi connectivity index (χ4n) is 3.30. The largest absolute Gasteiger partial charge is 0.346 e. The number of hydrogen-bond acceptors (Lipinski definition) is 4. The smallest absolute Gasteiger partial charge is 0.204 e. The van der Waals surface area contributed by atoms with Gasteiger partial charge in [0.25, 0.3) is 0 Å². The predicted octanol–water partition coefficient (Wildman–Crippen LogP) is 3.51. The predicted molar refractivity (Wildman–Crippen MR) is 92.4 cm³/mol. The maximum Gasteiger partial charge on any atom is 0.204 e. The highest BCUT2D eigenvalue weighted by Gasteiger charge is 2.45. The van der Waals surface area contributed by atoms with E-state index >= 15 is 0 Å². The molecule has 2 heterocycles. The van der Waals surface area contributed by atoms with Gasteiger partial charge in [-0.25, -0.2) is 4.78 Å². The minimum absolute atomic E-state index is 0.111. The van der Waals surface area contributed by atoms with Crippen molar-refractivity contribution in [3.8, 4) is 0 Å². The molecule has 2 aliphatic rings. The second kappa shape index (κ2) is 4.67. The number of rotatable bonds is 1. The fourth-order valence-corrected chi connectivity index (χ4v) is 5.66. The van der Waals surface area contributed by atoms with Crippen LogP contribution in [0.15, 0.2) is 40.4 Å². The molecule has 0 fully saturated rings. The molecule has 0 radical (unpaired) electrons. The van der Waals surface area contributed by atoms with Crippen LogP contribution in [0.25, 0.3) is 0 Å². The molecule has 0 N–H and O–H groups in total. The number of fused-ring (bicyclic) bond motifs is 1. The van der Waals surface area contributed by atoms with Gasteiger partial charge in [0.15, 0.2) is 0 Å². The second-order valence-corrected chi connectivity index (χ2v) is 9.82. The van der Waals surface area contributed by atoms with Gasteiger partial charge < -0.3 is 9.42 Å². The van der Waals surface area contributed by atoms with E-state index in [0.717, 1.165) is 5.31 Å². The Morgan fingerprint density at radius 2 is 1.90 bits per heavy atom. The van der Waals surface area contributed by atoms with Crippen LogP contribution in [-0.2, 0) is 21.7 Å². The summed E-state index contributed by atoms with van der Waals surface area (Å²) in [7, 11) is 5.67. The van der Waals surface area contributed by atoms with Crippen LogP contribution in [-0.4, -0.2) is 32.2 Å². The molecule has 0 aliphatic carbocycles. The van der Waals surface area contributed by atoms with Crippen molar-refractivity contribution in [2.24, 2.45) is 5.10 Å². The summed E-state index contributed by atoms with van der Waals surface area (Å²) < 4.78 is 7.52. The average Bonchev–Trinajstić information content (AvgIpc) is 2.86. The van der Waals surface area contributed by atoms with Crippen molar-refractivity contribution >= 4 is 30.1 Å². The van der Waals surface area contributed by atoms with Crippen molar-refractivity contribution in [2.75, 3.05) is 26.1 Å². The Morgan fingerprint density at radius 3 is 2.52 bits per heavy atom. The van der Waals surface area contributed by atoms with Gasteiger partial charge in [0.05, 0.1) is 11.5 Å². The normalized spacial score (nSPS) is 30.1. The minimum atomic E-state index is -2.26. The molecule has 21 heavy (non-hydrogen) atoms. The van der Waals surface area contributed by atoms with E-state index in [1.807, 2.05) is 13.3 Å². The van der Waals surface area contributed by atoms with Crippen LogP contribution in [0.2, 0.25) is 0 Å². The first-order valence-corrected chi connectivity index (χ1v) is 9.54. The van der Waals surface area contributed by atoms with Crippen molar-refractivity contribution in [1.82, 2.24) is 4.78 Å². The molecule has 0 aromatic heterocycles. The third-order valence-electron chi connectivity index (χ3n) is 4.39. The van der Waals surface area contributed by atoms with Crippen molar-refractivity contribution in [1.29, 1.82) is 0 Å². The van der Waals surface area contributed by atoms with E-state index in [4.69, 9.17) is 16.3 Å². The SMILES string of the molecule is COP1(=S)/C(=C2\N(C)c3ccccc3C2(C)C)C=NN1C. The summed E-state index contributed by atoms with van der Waals surface area (Å²) in [5.74, 6) is 0. The van der Waals surface area contributed by atoms with Crippen LogP contribution >= 0.6 is 6.42 Å². The van der Waals surface area contributed by atoms with E-state index in [1.54, 1.807) is 11.9 Å². The van der Waals surface area contributed by atoms with Crippen LogP contribution < -0.4 is 4.90 Å². The molecule has 0 spiro atoms.